The Kier molecular flexibility index (Phi) is 7.33. The number of hydrogen-bond donors (Lipinski definition) is 2. The number of anilines is 2. The van der Waals surface area contributed by atoms with Gasteiger partial charge in [0.15, 0.2) is 6.61 Å². The number of amides is 3. The molecule has 2 aliphatic heterocycles. The predicted octanol–water partition coefficient (Wildman–Crippen LogP) is 6.46. The van der Waals surface area contributed by atoms with Crippen molar-refractivity contribution < 1.29 is 32.3 Å². The zero-order valence-electron chi connectivity index (χ0n) is 25.3. The Labute approximate surface area is 280 Å². The minimum absolute atomic E-state index is 0.141. The highest BCUT2D eigenvalue weighted by molar-refractivity contribution is 8.00. The molecule has 0 spiro atoms. The number of nitrogens with zero attached hydrogens (tertiary/aromatic N) is 1. The topological polar surface area (TPSA) is 109 Å². The second kappa shape index (κ2) is 11.4. The van der Waals surface area contributed by atoms with Crippen molar-refractivity contribution in [2.24, 2.45) is 29.6 Å². The van der Waals surface area contributed by atoms with Crippen LogP contribution in [0.1, 0.15) is 33.9 Å². The van der Waals surface area contributed by atoms with Crippen LogP contribution in [0, 0.1) is 36.5 Å². The molecule has 3 heterocycles. The van der Waals surface area contributed by atoms with E-state index >= 15 is 0 Å². The quantitative estimate of drug-likeness (QED) is 0.225. The third-order valence-electron chi connectivity index (χ3n) is 10.2. The number of aryl methyl sites for hydroxylation is 1. The number of rotatable bonds is 6. The Hall–Kier alpha value is -4.36. The van der Waals surface area contributed by atoms with E-state index < -0.39 is 41.1 Å². The molecule has 4 aliphatic rings. The molecule has 1 aromatic heterocycles. The summed E-state index contributed by atoms with van der Waals surface area (Å²) in [5.41, 5.74) is 0.991. The standard InChI is InChI=1S/C35H28F3N3O5S2/c1-16-7-2-4-11-22(16)39-24(42)15-46-18-9-6-8-17(13-18)25-26-19-14-20(29(26)47-31-30(25)48-34(45)40-31)28-27(19)32(43)41(33(28)44)23-12-5-3-10-21(23)35(36,37)38/h2-13,19-20,25-29H,14-15H2,1H3,(H,39,42)(H,40,45)/t19?,20?,25-,26?,27?,28?,29?/m1/s1. The molecule has 8 rings (SSSR count). The van der Waals surface area contributed by atoms with Gasteiger partial charge in [-0.2, -0.15) is 13.2 Å². The minimum atomic E-state index is -4.74. The van der Waals surface area contributed by atoms with Crippen LogP contribution in [0.15, 0.2) is 82.6 Å². The van der Waals surface area contributed by atoms with Gasteiger partial charge in [-0.1, -0.05) is 53.8 Å². The molecule has 48 heavy (non-hydrogen) atoms. The van der Waals surface area contributed by atoms with Gasteiger partial charge in [0.25, 0.3) is 5.91 Å². The van der Waals surface area contributed by atoms with E-state index in [1.165, 1.54) is 30.0 Å². The maximum atomic E-state index is 14.0. The number of thiazole rings is 1. The number of aromatic nitrogens is 1. The minimum Gasteiger partial charge on any atom is -0.484 e. The normalized spacial score (nSPS) is 27.1. The van der Waals surface area contributed by atoms with Gasteiger partial charge < -0.3 is 15.0 Å². The van der Waals surface area contributed by atoms with E-state index in [1.807, 2.05) is 49.4 Å². The first-order valence-electron chi connectivity index (χ1n) is 15.5. The molecule has 7 atom stereocenters. The van der Waals surface area contributed by atoms with Crippen LogP contribution in [-0.4, -0.2) is 34.6 Å². The summed E-state index contributed by atoms with van der Waals surface area (Å²) in [6.45, 7) is 1.67. The molecular formula is C35H28F3N3O5S2. The first kappa shape index (κ1) is 30.9. The summed E-state index contributed by atoms with van der Waals surface area (Å²) in [6.07, 6.45) is -4.15. The van der Waals surface area contributed by atoms with Gasteiger partial charge in [-0.15, -0.1) is 11.8 Å². The van der Waals surface area contributed by atoms with Crippen molar-refractivity contribution in [3.8, 4) is 5.75 Å². The number of imide groups is 1. The van der Waals surface area contributed by atoms with Crippen LogP contribution < -0.4 is 19.8 Å². The maximum Gasteiger partial charge on any atom is 0.418 e. The van der Waals surface area contributed by atoms with Gasteiger partial charge in [0.05, 0.1) is 28.1 Å². The fourth-order valence-corrected chi connectivity index (χ4v) is 11.3. The van der Waals surface area contributed by atoms with Crippen molar-refractivity contribution in [1.29, 1.82) is 0 Å². The van der Waals surface area contributed by atoms with Crippen LogP contribution in [0.25, 0.3) is 0 Å². The summed E-state index contributed by atoms with van der Waals surface area (Å²) in [5, 5.41) is 3.42. The first-order chi connectivity index (χ1) is 23.0. The van der Waals surface area contributed by atoms with Crippen LogP contribution in [0.5, 0.6) is 5.75 Å². The van der Waals surface area contributed by atoms with Crippen LogP contribution in [0.2, 0.25) is 0 Å². The van der Waals surface area contributed by atoms with E-state index in [-0.39, 0.29) is 46.3 Å². The highest BCUT2D eigenvalue weighted by Gasteiger charge is 2.70. The number of carbonyl (C=O) groups excluding carboxylic acids is 3. The molecule has 8 nitrogen and oxygen atoms in total. The molecular weight excluding hydrogens is 664 g/mol. The van der Waals surface area contributed by atoms with Gasteiger partial charge in [0, 0.05) is 21.7 Å². The number of nitrogens with one attached hydrogen (secondary N) is 2. The molecule has 13 heteroatoms. The second-order valence-corrected chi connectivity index (χ2v) is 14.9. The largest absolute Gasteiger partial charge is 0.484 e. The summed E-state index contributed by atoms with van der Waals surface area (Å²) in [5.74, 6) is -3.56. The van der Waals surface area contributed by atoms with Crippen LogP contribution >= 0.6 is 23.1 Å². The van der Waals surface area contributed by atoms with E-state index in [0.717, 1.165) is 38.3 Å². The number of aromatic amines is 1. The van der Waals surface area contributed by atoms with Gasteiger partial charge in [-0.25, -0.2) is 4.90 Å². The van der Waals surface area contributed by atoms with Crippen molar-refractivity contribution in [3.63, 3.8) is 0 Å². The number of ether oxygens (including phenoxy) is 1. The molecule has 0 radical (unpaired) electrons. The molecule has 3 amide bonds. The van der Waals surface area contributed by atoms with Gasteiger partial charge >= 0.3 is 11.0 Å². The Morgan fingerprint density at radius 3 is 2.48 bits per heavy atom. The number of thioether (sulfide) groups is 1. The van der Waals surface area contributed by atoms with Crippen molar-refractivity contribution in [2.45, 2.75) is 35.7 Å². The molecule has 2 bridgehead atoms. The van der Waals surface area contributed by atoms with Gasteiger partial charge in [0.1, 0.15) is 5.75 Å². The average molecular weight is 692 g/mol. The lowest BCUT2D eigenvalue weighted by atomic mass is 9.68. The van der Waals surface area contributed by atoms with Crippen molar-refractivity contribution in [1.82, 2.24) is 4.98 Å². The number of benzene rings is 3. The maximum absolute atomic E-state index is 14.0. The molecule has 246 valence electrons. The number of fused-ring (bicyclic) bond motifs is 9. The lowest BCUT2D eigenvalue weighted by Gasteiger charge is -2.43. The number of halogens is 3. The summed E-state index contributed by atoms with van der Waals surface area (Å²) >= 11 is 2.60. The third kappa shape index (κ3) is 4.89. The van der Waals surface area contributed by atoms with E-state index in [4.69, 9.17) is 4.74 Å². The Morgan fingerprint density at radius 1 is 0.979 bits per heavy atom. The van der Waals surface area contributed by atoms with Crippen LogP contribution in [0.4, 0.5) is 24.5 Å². The first-order valence-corrected chi connectivity index (χ1v) is 17.2. The molecule has 1 saturated heterocycles. The molecule has 6 unspecified atom stereocenters. The van der Waals surface area contributed by atoms with E-state index in [9.17, 15) is 32.3 Å². The SMILES string of the molecule is Cc1ccccc1NC(=O)COc1cccc([C@H]2c3sc(=O)[nH]c3SC3C4CC(C5C(=O)N(c6ccccc6C(F)(F)F)C(=O)C45)C32)c1. The van der Waals surface area contributed by atoms with Crippen molar-refractivity contribution in [2.75, 3.05) is 16.8 Å². The fraction of sp³-hybridized carbons (Fsp3) is 0.314. The molecule has 2 aliphatic carbocycles. The van der Waals surface area contributed by atoms with E-state index in [1.54, 1.807) is 6.07 Å². The lowest BCUT2D eigenvalue weighted by Crippen LogP contribution is -2.42. The number of hydrogen-bond acceptors (Lipinski definition) is 7. The third-order valence-corrected chi connectivity index (χ3v) is 12.8. The van der Waals surface area contributed by atoms with Crippen molar-refractivity contribution >= 4 is 52.2 Å². The fourth-order valence-electron chi connectivity index (χ4n) is 8.38. The molecule has 3 fully saturated rings. The number of para-hydroxylation sites is 2. The van der Waals surface area contributed by atoms with E-state index in [0.29, 0.717) is 22.9 Å². The molecule has 3 aromatic carbocycles. The smallest absolute Gasteiger partial charge is 0.418 e. The van der Waals surface area contributed by atoms with Gasteiger partial charge in [0.2, 0.25) is 11.8 Å². The molecule has 2 saturated carbocycles. The Balaban J connectivity index is 1.10. The monoisotopic (exact) mass is 691 g/mol. The molecule has 2 N–H and O–H groups in total. The van der Waals surface area contributed by atoms with Gasteiger partial charge in [-0.05, 0) is 72.6 Å². The van der Waals surface area contributed by atoms with Crippen LogP contribution in [0.3, 0.4) is 0 Å². The van der Waals surface area contributed by atoms with Gasteiger partial charge in [-0.3, -0.25) is 19.2 Å². The Bertz CT molecular complexity index is 2040. The number of H-pyrrole nitrogens is 1. The highest BCUT2D eigenvalue weighted by atomic mass is 32.2. The zero-order valence-corrected chi connectivity index (χ0v) is 27.0. The second-order valence-electron chi connectivity index (χ2n) is 12.7. The average Bonchev–Trinajstić information content (AvgIpc) is 3.79. The number of carbonyl (C=O) groups is 3. The Morgan fingerprint density at radius 2 is 1.71 bits per heavy atom. The van der Waals surface area contributed by atoms with Crippen molar-refractivity contribution in [3.05, 3.63) is 104 Å². The summed E-state index contributed by atoms with van der Waals surface area (Å²) < 4.78 is 47.8. The number of alkyl halides is 3. The summed E-state index contributed by atoms with van der Waals surface area (Å²) in [7, 11) is 0. The highest BCUT2D eigenvalue weighted by Crippen LogP contribution is 2.69. The molecule has 4 aromatic rings. The summed E-state index contributed by atoms with van der Waals surface area (Å²) in [6, 6.07) is 19.4. The van der Waals surface area contributed by atoms with E-state index in [2.05, 4.69) is 10.3 Å². The lowest BCUT2D eigenvalue weighted by molar-refractivity contribution is -0.137. The predicted molar refractivity (Wildman–Crippen MR) is 174 cm³/mol. The zero-order chi connectivity index (χ0) is 33.5. The van der Waals surface area contributed by atoms with Crippen LogP contribution in [-0.2, 0) is 20.6 Å². The summed E-state index contributed by atoms with van der Waals surface area (Å²) in [4.78, 5) is 57.5.